The van der Waals surface area contributed by atoms with Crippen LogP contribution in [-0.2, 0) is 13.2 Å². The van der Waals surface area contributed by atoms with Crippen LogP contribution in [0.3, 0.4) is 0 Å². The number of hydrogen-bond donors (Lipinski definition) is 0. The van der Waals surface area contributed by atoms with Gasteiger partial charge in [-0.15, -0.1) is 0 Å². The summed E-state index contributed by atoms with van der Waals surface area (Å²) in [6.07, 6.45) is 2.11. The Morgan fingerprint density at radius 1 is 0.719 bits per heavy atom. The quantitative estimate of drug-likeness (QED) is 0.372. The zero-order valence-corrected chi connectivity index (χ0v) is 17.4. The van der Waals surface area contributed by atoms with Crippen LogP contribution >= 0.6 is 0 Å². The average Bonchev–Trinajstić information content (AvgIpc) is 3.18. The fourth-order valence-corrected chi connectivity index (χ4v) is 4.46. The summed E-state index contributed by atoms with van der Waals surface area (Å²) in [5.74, 6) is 0.852. The van der Waals surface area contributed by atoms with Crippen LogP contribution in [-0.4, -0.2) is 4.40 Å². The van der Waals surface area contributed by atoms with Gasteiger partial charge >= 0.3 is 0 Å². The Balaban J connectivity index is 1.33. The highest BCUT2D eigenvalue weighted by Gasteiger charge is 2.19. The summed E-state index contributed by atoms with van der Waals surface area (Å²) in [7, 11) is 0. The van der Waals surface area contributed by atoms with E-state index in [0.717, 1.165) is 38.6 Å². The van der Waals surface area contributed by atoms with Gasteiger partial charge in [0.1, 0.15) is 17.9 Å². The van der Waals surface area contributed by atoms with Crippen molar-refractivity contribution in [2.24, 2.45) is 0 Å². The number of rotatable bonds is 5. The maximum atomic E-state index is 12.7. The Labute approximate surface area is 184 Å². The minimum atomic E-state index is 0.00127. The van der Waals surface area contributed by atoms with Gasteiger partial charge in [0.2, 0.25) is 5.52 Å². The molecule has 0 aliphatic rings. The lowest BCUT2D eigenvalue weighted by Gasteiger charge is -2.07. The van der Waals surface area contributed by atoms with Gasteiger partial charge in [0.15, 0.2) is 12.7 Å². The number of ether oxygens (including phenoxy) is 1. The van der Waals surface area contributed by atoms with Crippen LogP contribution in [0, 0.1) is 0 Å². The first-order valence-corrected chi connectivity index (χ1v) is 10.7. The molecule has 0 aliphatic carbocycles. The van der Waals surface area contributed by atoms with Crippen molar-refractivity contribution in [1.82, 2.24) is 4.40 Å². The molecule has 3 aromatic carbocycles. The molecular weight excluding hydrogens is 396 g/mol. The highest BCUT2D eigenvalue weighted by Crippen LogP contribution is 2.28. The van der Waals surface area contributed by atoms with E-state index >= 15 is 0 Å². The number of aromatic nitrogens is 2. The molecule has 0 aliphatic heterocycles. The molecule has 3 heterocycles. The Hall–Kier alpha value is -4.18. The summed E-state index contributed by atoms with van der Waals surface area (Å²) in [6.45, 7) is 1.27. The van der Waals surface area contributed by atoms with Crippen molar-refractivity contribution in [2.75, 3.05) is 0 Å². The molecule has 0 bridgehead atoms. The van der Waals surface area contributed by atoms with Crippen LogP contribution in [0.4, 0.5) is 0 Å². The van der Waals surface area contributed by atoms with Crippen molar-refractivity contribution in [2.45, 2.75) is 13.2 Å². The third-order valence-corrected chi connectivity index (χ3v) is 6.02. The number of hydrogen-bond acceptors (Lipinski definition) is 2. The van der Waals surface area contributed by atoms with E-state index in [1.54, 1.807) is 6.07 Å². The highest BCUT2D eigenvalue weighted by molar-refractivity contribution is 6.11. The van der Waals surface area contributed by atoms with Gasteiger partial charge in [0.25, 0.3) is 5.56 Å². The molecular formula is C28H21N2O2+. The number of pyridine rings is 2. The van der Waals surface area contributed by atoms with Crippen LogP contribution < -0.4 is 14.9 Å². The summed E-state index contributed by atoms with van der Waals surface area (Å²) in [5.41, 5.74) is 5.30. The lowest BCUT2D eigenvalue weighted by atomic mass is 10.1. The molecule has 0 unspecified atom stereocenters. The molecule has 0 fully saturated rings. The van der Waals surface area contributed by atoms with Gasteiger partial charge in [-0.05, 0) is 35.9 Å². The van der Waals surface area contributed by atoms with E-state index in [2.05, 4.69) is 47.2 Å². The fraction of sp³-hybridized carbons (Fsp3) is 0.0714. The van der Waals surface area contributed by atoms with Gasteiger partial charge in [-0.2, -0.15) is 4.57 Å². The Kier molecular flexibility index (Phi) is 4.36. The molecule has 3 aromatic heterocycles. The smallest absolute Gasteiger partial charge is 0.256 e. The van der Waals surface area contributed by atoms with Crippen LogP contribution in [0.1, 0.15) is 11.1 Å². The monoisotopic (exact) mass is 417 g/mol. The lowest BCUT2D eigenvalue weighted by molar-refractivity contribution is -0.662. The molecule has 0 amide bonds. The maximum absolute atomic E-state index is 12.7. The molecule has 4 heteroatoms. The number of benzene rings is 3. The molecule has 0 atom stereocenters. The predicted molar refractivity (Wildman–Crippen MR) is 126 cm³/mol. The topological polar surface area (TPSA) is 34.6 Å². The first kappa shape index (κ1) is 18.6. The van der Waals surface area contributed by atoms with Crippen LogP contribution in [0.25, 0.3) is 27.3 Å². The van der Waals surface area contributed by atoms with Gasteiger partial charge in [-0.1, -0.05) is 48.5 Å². The lowest BCUT2D eigenvalue weighted by Crippen LogP contribution is -2.35. The molecule has 0 radical (unpaired) electrons. The second-order valence-corrected chi connectivity index (χ2v) is 8.03. The van der Waals surface area contributed by atoms with E-state index < -0.39 is 0 Å². The van der Waals surface area contributed by atoms with Crippen molar-refractivity contribution in [3.8, 4) is 5.75 Å². The molecule has 6 aromatic rings. The first-order valence-electron chi connectivity index (χ1n) is 10.7. The normalized spacial score (nSPS) is 11.5. The van der Waals surface area contributed by atoms with E-state index in [9.17, 15) is 4.79 Å². The van der Waals surface area contributed by atoms with Crippen molar-refractivity contribution in [3.63, 3.8) is 0 Å². The Bertz CT molecular complexity index is 1600. The van der Waals surface area contributed by atoms with E-state index in [1.807, 2.05) is 59.0 Å². The molecule has 0 saturated heterocycles. The average molecular weight is 417 g/mol. The third-order valence-electron chi connectivity index (χ3n) is 6.02. The summed E-state index contributed by atoms with van der Waals surface area (Å²) < 4.78 is 9.94. The minimum absolute atomic E-state index is 0.00127. The summed E-state index contributed by atoms with van der Waals surface area (Å²) in [4.78, 5) is 12.7. The van der Waals surface area contributed by atoms with E-state index in [-0.39, 0.29) is 5.56 Å². The predicted octanol–water partition coefficient (Wildman–Crippen LogP) is 4.96. The van der Waals surface area contributed by atoms with E-state index in [1.165, 1.54) is 5.56 Å². The molecule has 0 N–H and O–H groups in total. The molecule has 154 valence electrons. The van der Waals surface area contributed by atoms with Crippen molar-refractivity contribution < 1.29 is 9.30 Å². The van der Waals surface area contributed by atoms with Crippen LogP contribution in [0.15, 0.2) is 108 Å². The second kappa shape index (κ2) is 7.50. The van der Waals surface area contributed by atoms with Crippen molar-refractivity contribution in [3.05, 3.63) is 125 Å². The van der Waals surface area contributed by atoms with Gasteiger partial charge in [-0.25, -0.2) is 0 Å². The summed E-state index contributed by atoms with van der Waals surface area (Å²) in [6, 6.07) is 32.2. The highest BCUT2D eigenvalue weighted by atomic mass is 16.5. The fourth-order valence-electron chi connectivity index (χ4n) is 4.46. The summed E-state index contributed by atoms with van der Waals surface area (Å²) in [5, 5.41) is 2.21. The number of fused-ring (bicyclic) bond motifs is 3. The standard InChI is InChI=1S/C28H21N2O2/c31-27-15-14-26-28-24(23-8-4-5-9-25(23)30(27)28)16-17-29(26)18-20-10-12-22(13-11-20)32-19-21-6-2-1-3-7-21/h1-17H,18-19H2/q+1. The van der Waals surface area contributed by atoms with Gasteiger partial charge in [0, 0.05) is 34.5 Å². The molecule has 32 heavy (non-hydrogen) atoms. The largest absolute Gasteiger partial charge is 0.489 e. The zero-order chi connectivity index (χ0) is 21.5. The Morgan fingerprint density at radius 2 is 1.50 bits per heavy atom. The Morgan fingerprint density at radius 3 is 2.34 bits per heavy atom. The van der Waals surface area contributed by atoms with Crippen LogP contribution in [0.5, 0.6) is 5.75 Å². The minimum Gasteiger partial charge on any atom is -0.489 e. The molecule has 4 nitrogen and oxygen atoms in total. The van der Waals surface area contributed by atoms with Crippen molar-refractivity contribution >= 4 is 27.3 Å². The zero-order valence-electron chi connectivity index (χ0n) is 17.4. The molecule has 0 spiro atoms. The number of para-hydroxylation sites is 1. The van der Waals surface area contributed by atoms with Gasteiger partial charge in [-0.3, -0.25) is 9.20 Å². The second-order valence-electron chi connectivity index (χ2n) is 8.03. The maximum Gasteiger partial charge on any atom is 0.256 e. The SMILES string of the molecule is O=c1ccc2c3c(cc[n+]2Cc2ccc(OCc4ccccc4)cc2)c2ccccc2n13. The molecule has 6 rings (SSSR count). The van der Waals surface area contributed by atoms with Crippen molar-refractivity contribution in [1.29, 1.82) is 0 Å². The van der Waals surface area contributed by atoms with Gasteiger partial charge < -0.3 is 4.74 Å². The molecule has 0 saturated carbocycles. The van der Waals surface area contributed by atoms with Gasteiger partial charge in [0.05, 0.1) is 5.52 Å². The first-order chi connectivity index (χ1) is 15.8. The third kappa shape index (κ3) is 3.08. The number of nitrogens with zero attached hydrogens (tertiary/aromatic N) is 2. The van der Waals surface area contributed by atoms with E-state index in [4.69, 9.17) is 4.74 Å². The van der Waals surface area contributed by atoms with E-state index in [0.29, 0.717) is 13.2 Å². The van der Waals surface area contributed by atoms with Crippen LogP contribution in [0.2, 0.25) is 0 Å². The summed E-state index contributed by atoms with van der Waals surface area (Å²) >= 11 is 0.